The Hall–Kier alpha value is -3.34. The van der Waals surface area contributed by atoms with E-state index in [0.29, 0.717) is 24.3 Å². The number of piperidine rings is 1. The second-order valence-corrected chi connectivity index (χ2v) is 7.49. The van der Waals surface area contributed by atoms with Crippen LogP contribution in [0.25, 0.3) is 22.4 Å². The van der Waals surface area contributed by atoms with Crippen LogP contribution >= 0.6 is 0 Å². The molecule has 1 aliphatic heterocycles. The van der Waals surface area contributed by atoms with E-state index < -0.39 is 12.0 Å². The third-order valence-corrected chi connectivity index (χ3v) is 5.37. The van der Waals surface area contributed by atoms with Gasteiger partial charge in [-0.3, -0.25) is 0 Å². The van der Waals surface area contributed by atoms with Gasteiger partial charge in [0.25, 0.3) is 5.92 Å². The van der Waals surface area contributed by atoms with E-state index in [1.807, 2.05) is 18.2 Å². The number of likely N-dealkylation sites (tertiary alicyclic amines) is 1. The van der Waals surface area contributed by atoms with Crippen molar-refractivity contribution < 1.29 is 8.78 Å². The van der Waals surface area contributed by atoms with E-state index in [1.54, 1.807) is 46.6 Å². The van der Waals surface area contributed by atoms with Crippen molar-refractivity contribution in [3.63, 3.8) is 0 Å². The van der Waals surface area contributed by atoms with Crippen LogP contribution in [-0.4, -0.2) is 73.2 Å². The highest BCUT2D eigenvalue weighted by Crippen LogP contribution is 2.31. The minimum absolute atomic E-state index is 0.154. The van der Waals surface area contributed by atoms with Crippen molar-refractivity contribution in [2.24, 2.45) is 0 Å². The van der Waals surface area contributed by atoms with Crippen LogP contribution in [0.5, 0.6) is 0 Å². The Bertz CT molecular complexity index is 1220. The summed E-state index contributed by atoms with van der Waals surface area (Å²) < 4.78 is 32.2. The molecule has 1 atom stereocenters. The number of hydrogen-bond donors (Lipinski definition) is 2. The predicted octanol–water partition coefficient (Wildman–Crippen LogP) is 2.23. The lowest BCUT2D eigenvalue weighted by molar-refractivity contribution is -0.0675. The van der Waals surface area contributed by atoms with Crippen LogP contribution < -0.4 is 10.6 Å². The quantitative estimate of drug-likeness (QED) is 0.531. The molecule has 0 unspecified atom stereocenters. The predicted molar refractivity (Wildman–Crippen MR) is 109 cm³/mol. The SMILES string of the molecule is CNc1nc(N[C@@H]2CCN(C)CC2(F)F)nn2ccc(-c3ccc4nccn4n3)c12. The van der Waals surface area contributed by atoms with Crippen molar-refractivity contribution >= 4 is 22.9 Å². The Kier molecular flexibility index (Phi) is 4.28. The van der Waals surface area contributed by atoms with Gasteiger partial charge in [0, 0.05) is 37.7 Å². The molecule has 5 rings (SSSR count). The van der Waals surface area contributed by atoms with Crippen molar-refractivity contribution in [3.05, 3.63) is 36.8 Å². The summed E-state index contributed by atoms with van der Waals surface area (Å²) in [6.07, 6.45) is 5.54. The highest BCUT2D eigenvalue weighted by Gasteiger charge is 2.44. The van der Waals surface area contributed by atoms with Gasteiger partial charge in [0.2, 0.25) is 5.95 Å². The zero-order valence-corrected chi connectivity index (χ0v) is 16.5. The number of anilines is 2. The molecule has 0 saturated carbocycles. The summed E-state index contributed by atoms with van der Waals surface area (Å²) in [5.74, 6) is -2.19. The van der Waals surface area contributed by atoms with E-state index in [1.165, 1.54) is 0 Å². The largest absolute Gasteiger partial charge is 0.371 e. The third-order valence-electron chi connectivity index (χ3n) is 5.37. The highest BCUT2D eigenvalue weighted by molar-refractivity contribution is 5.87. The van der Waals surface area contributed by atoms with Crippen LogP contribution in [0, 0.1) is 0 Å². The molecule has 2 N–H and O–H groups in total. The van der Waals surface area contributed by atoms with Gasteiger partial charge in [-0.05, 0) is 31.7 Å². The van der Waals surface area contributed by atoms with Gasteiger partial charge < -0.3 is 15.5 Å². The Morgan fingerprint density at radius 2 is 2.00 bits per heavy atom. The number of aromatic nitrogens is 6. The molecule has 4 aromatic heterocycles. The number of rotatable bonds is 4. The van der Waals surface area contributed by atoms with Crippen LogP contribution in [-0.2, 0) is 0 Å². The maximum atomic E-state index is 14.4. The lowest BCUT2D eigenvalue weighted by atomic mass is 10.0. The van der Waals surface area contributed by atoms with Crippen molar-refractivity contribution in [2.45, 2.75) is 18.4 Å². The molecule has 0 spiro atoms. The van der Waals surface area contributed by atoms with Gasteiger partial charge in [0.1, 0.15) is 5.52 Å². The molecule has 1 aliphatic rings. The first kappa shape index (κ1) is 18.7. The first-order valence-corrected chi connectivity index (χ1v) is 9.65. The standard InChI is InChI=1S/C19H21F2N9/c1-22-17-16-12(13-3-4-15-23-7-10-29(15)26-13)5-9-30(16)27-18(25-17)24-14-6-8-28(2)11-19(14,20)21/h3-5,7,9-10,14H,6,8,11H2,1-2H3,(H2,22,24,25,27)/t14-/m1/s1. The third kappa shape index (κ3) is 3.11. The fourth-order valence-corrected chi connectivity index (χ4v) is 3.87. The zero-order chi connectivity index (χ0) is 20.9. The Morgan fingerprint density at radius 3 is 2.80 bits per heavy atom. The smallest absolute Gasteiger partial charge is 0.280 e. The van der Waals surface area contributed by atoms with Gasteiger partial charge in [-0.2, -0.15) is 10.1 Å². The molecule has 1 fully saturated rings. The van der Waals surface area contributed by atoms with Crippen molar-refractivity contribution in [2.75, 3.05) is 37.8 Å². The summed E-state index contributed by atoms with van der Waals surface area (Å²) in [6.45, 7) is 0.298. The summed E-state index contributed by atoms with van der Waals surface area (Å²) >= 11 is 0. The van der Waals surface area contributed by atoms with Gasteiger partial charge in [-0.25, -0.2) is 22.8 Å². The first-order chi connectivity index (χ1) is 14.4. The van der Waals surface area contributed by atoms with E-state index in [9.17, 15) is 8.78 Å². The topological polar surface area (TPSA) is 87.7 Å². The fraction of sp³-hybridized carbons (Fsp3) is 0.368. The lowest BCUT2D eigenvalue weighted by Gasteiger charge is -2.36. The number of nitrogens with zero attached hydrogens (tertiary/aromatic N) is 7. The van der Waals surface area contributed by atoms with Crippen LogP contribution in [0.15, 0.2) is 36.8 Å². The van der Waals surface area contributed by atoms with Gasteiger partial charge >= 0.3 is 0 Å². The van der Waals surface area contributed by atoms with Crippen LogP contribution in [0.3, 0.4) is 0 Å². The van der Waals surface area contributed by atoms with Crippen molar-refractivity contribution in [1.29, 1.82) is 0 Å². The highest BCUT2D eigenvalue weighted by atomic mass is 19.3. The lowest BCUT2D eigenvalue weighted by Crippen LogP contribution is -2.53. The van der Waals surface area contributed by atoms with Crippen LogP contribution in [0.4, 0.5) is 20.5 Å². The number of hydrogen-bond acceptors (Lipinski definition) is 7. The zero-order valence-electron chi connectivity index (χ0n) is 16.5. The van der Waals surface area contributed by atoms with Crippen molar-refractivity contribution in [3.8, 4) is 11.3 Å². The molecule has 156 valence electrons. The van der Waals surface area contributed by atoms with Gasteiger partial charge in [-0.1, -0.05) is 0 Å². The van der Waals surface area contributed by atoms with Crippen LogP contribution in [0.1, 0.15) is 6.42 Å². The van der Waals surface area contributed by atoms with Gasteiger partial charge in [0.05, 0.1) is 18.3 Å². The molecule has 1 saturated heterocycles. The van der Waals surface area contributed by atoms with Crippen LogP contribution in [0.2, 0.25) is 0 Å². The monoisotopic (exact) mass is 413 g/mol. The maximum absolute atomic E-state index is 14.4. The molecular formula is C19H21F2N9. The minimum Gasteiger partial charge on any atom is -0.371 e. The van der Waals surface area contributed by atoms with Crippen molar-refractivity contribution in [1.82, 2.24) is 34.1 Å². The minimum atomic E-state index is -2.86. The number of imidazole rings is 1. The molecule has 0 aromatic carbocycles. The van der Waals surface area contributed by atoms with Gasteiger partial charge in [0.15, 0.2) is 11.5 Å². The molecule has 4 aromatic rings. The maximum Gasteiger partial charge on any atom is 0.280 e. The molecule has 9 nitrogen and oxygen atoms in total. The Morgan fingerprint density at radius 1 is 1.13 bits per heavy atom. The number of halogens is 2. The summed E-state index contributed by atoms with van der Waals surface area (Å²) in [5.41, 5.74) is 3.01. The first-order valence-electron chi connectivity index (χ1n) is 9.65. The van der Waals surface area contributed by atoms with E-state index in [-0.39, 0.29) is 12.5 Å². The molecule has 0 radical (unpaired) electrons. The number of alkyl halides is 2. The molecule has 0 amide bonds. The van der Waals surface area contributed by atoms with E-state index in [2.05, 4.69) is 30.8 Å². The van der Waals surface area contributed by atoms with E-state index >= 15 is 0 Å². The molecule has 11 heteroatoms. The average Bonchev–Trinajstić information content (AvgIpc) is 3.35. The summed E-state index contributed by atoms with van der Waals surface area (Å²) in [4.78, 5) is 10.3. The second kappa shape index (κ2) is 6.87. The molecule has 5 heterocycles. The average molecular weight is 413 g/mol. The van der Waals surface area contributed by atoms with E-state index in [0.717, 1.165) is 16.9 Å². The number of nitrogens with one attached hydrogen (secondary N) is 2. The Balaban J connectivity index is 1.53. The second-order valence-electron chi connectivity index (χ2n) is 7.49. The van der Waals surface area contributed by atoms with Gasteiger partial charge in [-0.15, -0.1) is 5.10 Å². The van der Waals surface area contributed by atoms with E-state index in [4.69, 9.17) is 0 Å². The summed E-state index contributed by atoms with van der Waals surface area (Å²) in [5, 5.41) is 14.9. The molecule has 0 aliphatic carbocycles. The summed E-state index contributed by atoms with van der Waals surface area (Å²) in [7, 11) is 3.43. The molecule has 30 heavy (non-hydrogen) atoms. The summed E-state index contributed by atoms with van der Waals surface area (Å²) in [6, 6.07) is 4.62. The molecular weight excluding hydrogens is 392 g/mol. The number of fused-ring (bicyclic) bond motifs is 2. The fourth-order valence-electron chi connectivity index (χ4n) is 3.87. The normalized spacial score (nSPS) is 19.4. The molecule has 0 bridgehead atoms. The Labute approximate surface area is 170 Å².